The Hall–Kier alpha value is -2.87. The first kappa shape index (κ1) is 22.3. The van der Waals surface area contributed by atoms with Crippen LogP contribution >= 0.6 is 35.6 Å². The van der Waals surface area contributed by atoms with Crippen molar-refractivity contribution in [3.05, 3.63) is 94.1 Å². The molecule has 3 aromatic carbocycles. The molecule has 4 rings (SSSR count). The van der Waals surface area contributed by atoms with Crippen LogP contribution in [-0.2, 0) is 4.79 Å². The smallest absolute Gasteiger partial charge is 0.270 e. The molecule has 0 aliphatic carbocycles. The number of carbonyl (C=O) groups excluding carboxylic acids is 1. The lowest BCUT2D eigenvalue weighted by Crippen LogP contribution is -2.27. The molecule has 162 valence electrons. The van der Waals surface area contributed by atoms with E-state index in [1.54, 1.807) is 18.2 Å². The van der Waals surface area contributed by atoms with Crippen LogP contribution in [0.25, 0.3) is 6.08 Å². The number of thiocarbonyl (C=S) groups is 1. The van der Waals surface area contributed by atoms with Crippen LogP contribution in [0.1, 0.15) is 5.56 Å². The third-order valence-corrected chi connectivity index (χ3v) is 6.12. The average molecular weight is 486 g/mol. The fourth-order valence-electron chi connectivity index (χ4n) is 2.97. The Morgan fingerprint density at radius 3 is 2.38 bits per heavy atom. The maximum Gasteiger partial charge on any atom is 0.270 e. The molecule has 0 N–H and O–H groups in total. The summed E-state index contributed by atoms with van der Waals surface area (Å²) in [4.78, 5) is 14.7. The highest BCUT2D eigenvalue weighted by atomic mass is 35.5. The summed E-state index contributed by atoms with van der Waals surface area (Å²) < 4.78 is 24.9. The van der Waals surface area contributed by atoms with Crippen molar-refractivity contribution in [2.24, 2.45) is 0 Å². The highest BCUT2D eigenvalue weighted by Crippen LogP contribution is 2.36. The molecule has 8 heteroatoms. The van der Waals surface area contributed by atoms with E-state index >= 15 is 0 Å². The van der Waals surface area contributed by atoms with Crippen molar-refractivity contribution < 1.29 is 18.7 Å². The van der Waals surface area contributed by atoms with Crippen LogP contribution in [0.15, 0.2) is 77.7 Å². The Bertz CT molecular complexity index is 1170. The molecule has 0 spiro atoms. The van der Waals surface area contributed by atoms with E-state index in [4.69, 9.17) is 33.3 Å². The first-order valence-electron chi connectivity index (χ1n) is 9.65. The Balaban J connectivity index is 1.34. The lowest BCUT2D eigenvalue weighted by atomic mass is 10.2. The minimum Gasteiger partial charge on any atom is -0.490 e. The topological polar surface area (TPSA) is 38.8 Å². The molecule has 1 aliphatic rings. The normalized spacial score (nSPS) is 14.8. The number of nitrogens with zero attached hydrogens (tertiary/aromatic N) is 1. The van der Waals surface area contributed by atoms with Crippen LogP contribution in [-0.4, -0.2) is 23.4 Å². The third-order valence-electron chi connectivity index (χ3n) is 4.50. The van der Waals surface area contributed by atoms with Gasteiger partial charge in [-0.15, -0.1) is 0 Å². The predicted molar refractivity (Wildman–Crippen MR) is 131 cm³/mol. The van der Waals surface area contributed by atoms with Gasteiger partial charge in [0.25, 0.3) is 5.91 Å². The van der Waals surface area contributed by atoms with E-state index in [0.717, 1.165) is 5.56 Å². The van der Waals surface area contributed by atoms with E-state index in [1.165, 1.54) is 40.9 Å². The zero-order valence-electron chi connectivity index (χ0n) is 16.7. The number of benzene rings is 3. The molecule has 32 heavy (non-hydrogen) atoms. The Morgan fingerprint density at radius 1 is 0.969 bits per heavy atom. The summed E-state index contributed by atoms with van der Waals surface area (Å²) in [6.45, 7) is 0.720. The fourth-order valence-corrected chi connectivity index (χ4v) is 4.45. The fraction of sp³-hybridized carbons (Fsp3) is 0.0833. The maximum atomic E-state index is 13.2. The van der Waals surface area contributed by atoms with Crippen molar-refractivity contribution in [2.45, 2.75) is 0 Å². The molecule has 0 unspecified atom stereocenters. The molecule has 1 heterocycles. The summed E-state index contributed by atoms with van der Waals surface area (Å²) >= 11 is 12.6. The summed E-state index contributed by atoms with van der Waals surface area (Å²) in [7, 11) is 0. The number of anilines is 1. The summed E-state index contributed by atoms with van der Waals surface area (Å²) in [6.07, 6.45) is 1.77. The van der Waals surface area contributed by atoms with Gasteiger partial charge in [-0.2, -0.15) is 0 Å². The first-order valence-corrected chi connectivity index (χ1v) is 11.3. The maximum absolute atomic E-state index is 13.2. The van der Waals surface area contributed by atoms with Gasteiger partial charge in [-0.3, -0.25) is 9.69 Å². The van der Waals surface area contributed by atoms with Gasteiger partial charge < -0.3 is 9.47 Å². The van der Waals surface area contributed by atoms with Gasteiger partial charge in [-0.25, -0.2) is 4.39 Å². The van der Waals surface area contributed by atoms with Crippen LogP contribution in [0.2, 0.25) is 5.02 Å². The molecule has 1 aliphatic heterocycles. The molecule has 0 radical (unpaired) electrons. The SMILES string of the molecule is O=C1C(=Cc2ccc(OCCOc3ccccc3Cl)cc2)SC(=S)N1c1ccc(F)cc1. The van der Waals surface area contributed by atoms with Gasteiger partial charge in [-0.1, -0.05) is 59.8 Å². The first-order chi connectivity index (χ1) is 15.5. The summed E-state index contributed by atoms with van der Waals surface area (Å²) in [5.41, 5.74) is 1.38. The highest BCUT2D eigenvalue weighted by molar-refractivity contribution is 8.27. The zero-order chi connectivity index (χ0) is 22.5. The number of rotatable bonds is 7. The van der Waals surface area contributed by atoms with E-state index in [0.29, 0.717) is 44.6 Å². The van der Waals surface area contributed by atoms with Gasteiger partial charge in [-0.05, 0) is 60.2 Å². The van der Waals surface area contributed by atoms with Crippen LogP contribution in [0.4, 0.5) is 10.1 Å². The van der Waals surface area contributed by atoms with Crippen molar-refractivity contribution in [3.63, 3.8) is 0 Å². The molecule has 0 saturated carbocycles. The van der Waals surface area contributed by atoms with E-state index in [9.17, 15) is 9.18 Å². The average Bonchev–Trinajstić information content (AvgIpc) is 3.07. The molecule has 0 atom stereocenters. The van der Waals surface area contributed by atoms with E-state index in [1.807, 2.05) is 36.4 Å². The van der Waals surface area contributed by atoms with Crippen LogP contribution < -0.4 is 14.4 Å². The minimum absolute atomic E-state index is 0.233. The van der Waals surface area contributed by atoms with Crippen molar-refractivity contribution >= 4 is 57.6 Å². The molecule has 4 nitrogen and oxygen atoms in total. The van der Waals surface area contributed by atoms with Crippen molar-refractivity contribution in [1.29, 1.82) is 0 Å². The number of halogens is 2. The molecule has 0 bridgehead atoms. The second-order valence-electron chi connectivity index (χ2n) is 6.69. The number of carbonyl (C=O) groups is 1. The monoisotopic (exact) mass is 485 g/mol. The number of hydrogen-bond donors (Lipinski definition) is 0. The Kier molecular flexibility index (Phi) is 7.09. The van der Waals surface area contributed by atoms with Crippen LogP contribution in [0, 0.1) is 5.82 Å². The van der Waals surface area contributed by atoms with Crippen molar-refractivity contribution in [1.82, 2.24) is 0 Å². The Morgan fingerprint density at radius 2 is 1.66 bits per heavy atom. The number of amides is 1. The molecule has 0 aromatic heterocycles. The lowest BCUT2D eigenvalue weighted by molar-refractivity contribution is -0.113. The molecule has 1 fully saturated rings. The van der Waals surface area contributed by atoms with Gasteiger partial charge >= 0.3 is 0 Å². The van der Waals surface area contributed by atoms with E-state index < -0.39 is 0 Å². The highest BCUT2D eigenvalue weighted by Gasteiger charge is 2.33. The molecule has 3 aromatic rings. The number of para-hydroxylation sites is 1. The van der Waals surface area contributed by atoms with Crippen LogP contribution in [0.5, 0.6) is 11.5 Å². The quantitative estimate of drug-likeness (QED) is 0.222. The number of hydrogen-bond acceptors (Lipinski definition) is 5. The van der Waals surface area contributed by atoms with Gasteiger partial charge in [0.05, 0.1) is 15.6 Å². The standard InChI is InChI=1S/C24H17ClFNO3S2/c25-20-3-1-2-4-21(20)30-14-13-29-19-11-5-16(6-12-19)15-22-23(28)27(24(31)32-22)18-9-7-17(26)8-10-18/h1-12,15H,13-14H2. The molecule has 1 saturated heterocycles. The van der Waals surface area contributed by atoms with Crippen molar-refractivity contribution in [3.8, 4) is 11.5 Å². The largest absolute Gasteiger partial charge is 0.490 e. The Labute approximate surface area is 199 Å². The summed E-state index contributed by atoms with van der Waals surface area (Å²) in [6, 6.07) is 20.3. The molecule has 1 amide bonds. The second-order valence-corrected chi connectivity index (χ2v) is 8.77. The number of thioether (sulfide) groups is 1. The zero-order valence-corrected chi connectivity index (χ0v) is 19.1. The van der Waals surface area contributed by atoms with Crippen molar-refractivity contribution in [2.75, 3.05) is 18.1 Å². The van der Waals surface area contributed by atoms with Gasteiger partial charge in [0.2, 0.25) is 0 Å². The minimum atomic E-state index is -0.368. The molecular formula is C24H17ClFNO3S2. The number of ether oxygens (including phenoxy) is 2. The van der Waals surface area contributed by atoms with E-state index in [-0.39, 0.29) is 11.7 Å². The van der Waals surface area contributed by atoms with Crippen LogP contribution in [0.3, 0.4) is 0 Å². The molecular weight excluding hydrogens is 469 g/mol. The van der Waals surface area contributed by atoms with E-state index in [2.05, 4.69) is 0 Å². The van der Waals surface area contributed by atoms with Gasteiger partial charge in [0.15, 0.2) is 4.32 Å². The summed E-state index contributed by atoms with van der Waals surface area (Å²) in [5.74, 6) is 0.700. The second kappa shape index (κ2) is 10.2. The van der Waals surface area contributed by atoms with Gasteiger partial charge in [0, 0.05) is 0 Å². The third kappa shape index (κ3) is 5.30. The van der Waals surface area contributed by atoms with Gasteiger partial charge in [0.1, 0.15) is 30.5 Å². The predicted octanol–water partition coefficient (Wildman–Crippen LogP) is 6.34. The summed E-state index contributed by atoms with van der Waals surface area (Å²) in [5, 5.41) is 0.557. The lowest BCUT2D eigenvalue weighted by Gasteiger charge is -2.14.